The normalized spacial score (nSPS) is 12.3. The number of aryl methyl sites for hydroxylation is 2. The summed E-state index contributed by atoms with van der Waals surface area (Å²) in [6.07, 6.45) is 1.15. The number of nitrogens with zero attached hydrogens (tertiary/aromatic N) is 1. The van der Waals surface area contributed by atoms with Crippen LogP contribution in [0.3, 0.4) is 0 Å². The second-order valence-corrected chi connectivity index (χ2v) is 10.1. The van der Waals surface area contributed by atoms with E-state index in [1.807, 2.05) is 47.6 Å². The molecule has 2 rings (SSSR count). The molecule has 0 radical (unpaired) electrons. The van der Waals surface area contributed by atoms with E-state index < -0.39 is 35.8 Å². The Morgan fingerprint density at radius 1 is 1.14 bits per heavy atom. The average molecular weight is 486 g/mol. The Balaban J connectivity index is 2.52. The molecule has 0 fully saturated rings. The minimum absolute atomic E-state index is 0.0629. The van der Waals surface area contributed by atoms with Crippen molar-refractivity contribution in [2.45, 2.75) is 67.0 Å². The van der Waals surface area contributed by atoms with Gasteiger partial charge in [0.15, 0.2) is 0 Å². The Hall–Kier alpha value is -2.75. The maximum absolute atomic E-state index is 15.3. The number of benzene rings is 2. The highest BCUT2D eigenvalue weighted by Crippen LogP contribution is 2.26. The topological polar surface area (TPSA) is 99.1 Å². The fourth-order valence-electron chi connectivity index (χ4n) is 4.21. The number of hydrazine groups is 1. The second kappa shape index (κ2) is 11.8. The molecule has 190 valence electrons. The van der Waals surface area contributed by atoms with E-state index in [0.29, 0.717) is 18.4 Å². The summed E-state index contributed by atoms with van der Waals surface area (Å²) in [6, 6.07) is 7.74. The van der Waals surface area contributed by atoms with Crippen LogP contribution in [-0.2, 0) is 11.3 Å². The number of nitrogens with one attached hydrogen (secondary N) is 1. The molecule has 2 aromatic carbocycles. The highest BCUT2D eigenvalue weighted by Gasteiger charge is 2.32. The molecule has 0 saturated carbocycles. The van der Waals surface area contributed by atoms with Crippen LogP contribution in [0.1, 0.15) is 77.9 Å². The van der Waals surface area contributed by atoms with E-state index in [1.165, 1.54) is 24.3 Å². The predicted octanol–water partition coefficient (Wildman–Crippen LogP) is 3.27. The maximum atomic E-state index is 15.3. The van der Waals surface area contributed by atoms with Crippen molar-refractivity contribution in [3.8, 4) is 0 Å². The molecule has 0 spiro atoms. The first kappa shape index (κ1) is 28.5. The molecule has 0 aliphatic carbocycles. The van der Waals surface area contributed by atoms with E-state index >= 15 is 4.39 Å². The smallest absolute Gasteiger partial charge is 0.423 e. The summed E-state index contributed by atoms with van der Waals surface area (Å²) in [6.45, 7) is 11.8. The highest BCUT2D eigenvalue weighted by molar-refractivity contribution is 6.59. The van der Waals surface area contributed by atoms with Crippen molar-refractivity contribution in [2.24, 2.45) is 5.41 Å². The van der Waals surface area contributed by atoms with Crippen LogP contribution >= 0.6 is 0 Å². The van der Waals surface area contributed by atoms with Gasteiger partial charge < -0.3 is 14.8 Å². The summed E-state index contributed by atoms with van der Waals surface area (Å²) in [4.78, 5) is 26.9. The van der Waals surface area contributed by atoms with Gasteiger partial charge in [-0.1, -0.05) is 51.0 Å². The first-order valence-electron chi connectivity index (χ1n) is 11.7. The highest BCUT2D eigenvalue weighted by atomic mass is 19.1. The fourth-order valence-corrected chi connectivity index (χ4v) is 4.21. The van der Waals surface area contributed by atoms with Gasteiger partial charge in [-0.05, 0) is 55.9 Å². The largest absolute Gasteiger partial charge is 0.491 e. The molecule has 2 amide bonds. The SMILES string of the molecule is CC[C@H](CC(C)(C)C)N(NC(=O)c1ccc(COC)c(B(O)O)c1F)C(=O)c1cc(C)cc(C)c1. The standard InChI is InChI=1S/C26H36BFN2O5/c1-8-20(14-26(4,5)6)30(25(32)19-12-16(2)11-17(3)13-19)29-24(31)21-10-9-18(15-35-7)22(23(21)28)27(33)34/h9-13,20,33-34H,8,14-15H2,1-7H3,(H,29,31)/t20-/m1/s1. The Bertz CT molecular complexity index is 1050. The molecule has 35 heavy (non-hydrogen) atoms. The summed E-state index contributed by atoms with van der Waals surface area (Å²) >= 11 is 0. The van der Waals surface area contributed by atoms with E-state index in [2.05, 4.69) is 5.43 Å². The molecule has 0 aliphatic heterocycles. The fraction of sp³-hybridized carbons (Fsp3) is 0.462. The molecule has 0 saturated heterocycles. The molecule has 2 aromatic rings. The van der Waals surface area contributed by atoms with E-state index in [1.54, 1.807) is 12.1 Å². The van der Waals surface area contributed by atoms with Crippen LogP contribution in [-0.4, -0.2) is 47.1 Å². The molecule has 0 unspecified atom stereocenters. The molecule has 3 N–H and O–H groups in total. The Labute approximate surface area is 207 Å². The zero-order valence-electron chi connectivity index (χ0n) is 21.6. The van der Waals surface area contributed by atoms with Gasteiger partial charge >= 0.3 is 7.12 Å². The van der Waals surface area contributed by atoms with E-state index in [9.17, 15) is 19.6 Å². The van der Waals surface area contributed by atoms with Crippen molar-refractivity contribution in [1.82, 2.24) is 10.4 Å². The van der Waals surface area contributed by atoms with Crippen LogP contribution in [0, 0.1) is 25.1 Å². The number of carbonyl (C=O) groups is 2. The number of hydrogen-bond donors (Lipinski definition) is 3. The van der Waals surface area contributed by atoms with E-state index in [0.717, 1.165) is 11.1 Å². The number of carbonyl (C=O) groups excluding carboxylic acids is 2. The zero-order valence-corrected chi connectivity index (χ0v) is 21.6. The molecule has 9 heteroatoms. The van der Waals surface area contributed by atoms with Gasteiger partial charge in [0.2, 0.25) is 0 Å². The Morgan fingerprint density at radius 3 is 2.23 bits per heavy atom. The van der Waals surface area contributed by atoms with Crippen LogP contribution in [0.15, 0.2) is 30.3 Å². The number of hydrogen-bond acceptors (Lipinski definition) is 5. The lowest BCUT2D eigenvalue weighted by Gasteiger charge is -2.35. The van der Waals surface area contributed by atoms with Gasteiger partial charge in [0.25, 0.3) is 11.8 Å². The third-order valence-corrected chi connectivity index (χ3v) is 5.67. The van der Waals surface area contributed by atoms with Gasteiger partial charge in [-0.2, -0.15) is 0 Å². The van der Waals surface area contributed by atoms with Gasteiger partial charge in [0.1, 0.15) is 5.82 Å². The van der Waals surface area contributed by atoms with Gasteiger partial charge in [-0.25, -0.2) is 9.40 Å². The van der Waals surface area contributed by atoms with Crippen molar-refractivity contribution < 1.29 is 28.8 Å². The lowest BCUT2D eigenvalue weighted by Crippen LogP contribution is -2.53. The molecule has 1 atom stereocenters. The number of ether oxygens (including phenoxy) is 1. The number of rotatable bonds is 8. The molecular weight excluding hydrogens is 450 g/mol. The lowest BCUT2D eigenvalue weighted by molar-refractivity contribution is 0.0414. The van der Waals surface area contributed by atoms with Crippen LogP contribution < -0.4 is 10.9 Å². The summed E-state index contributed by atoms with van der Waals surface area (Å²) in [5, 5.41) is 20.7. The van der Waals surface area contributed by atoms with Crippen molar-refractivity contribution in [3.63, 3.8) is 0 Å². The first-order valence-corrected chi connectivity index (χ1v) is 11.7. The van der Waals surface area contributed by atoms with Crippen LogP contribution in [0.5, 0.6) is 0 Å². The van der Waals surface area contributed by atoms with Crippen LogP contribution in [0.25, 0.3) is 0 Å². The minimum atomic E-state index is -2.13. The van der Waals surface area contributed by atoms with E-state index in [-0.39, 0.29) is 23.6 Å². The predicted molar refractivity (Wildman–Crippen MR) is 135 cm³/mol. The minimum Gasteiger partial charge on any atom is -0.423 e. The van der Waals surface area contributed by atoms with Gasteiger partial charge in [-0.15, -0.1) is 0 Å². The van der Waals surface area contributed by atoms with Gasteiger partial charge in [-0.3, -0.25) is 15.0 Å². The zero-order chi connectivity index (χ0) is 26.5. The molecule has 0 aliphatic rings. The summed E-state index contributed by atoms with van der Waals surface area (Å²) < 4.78 is 20.2. The third-order valence-electron chi connectivity index (χ3n) is 5.67. The van der Waals surface area contributed by atoms with Gasteiger partial charge in [0, 0.05) is 18.1 Å². The second-order valence-electron chi connectivity index (χ2n) is 10.1. The number of methoxy groups -OCH3 is 1. The molecule has 0 bridgehead atoms. The summed E-state index contributed by atoms with van der Waals surface area (Å²) in [5.41, 5.74) is 4.06. The van der Waals surface area contributed by atoms with Crippen LogP contribution in [0.4, 0.5) is 4.39 Å². The summed E-state index contributed by atoms with van der Waals surface area (Å²) in [5.74, 6) is -2.34. The average Bonchev–Trinajstić information content (AvgIpc) is 2.74. The molecule has 0 heterocycles. The van der Waals surface area contributed by atoms with E-state index in [4.69, 9.17) is 4.74 Å². The van der Waals surface area contributed by atoms with Crippen LogP contribution in [0.2, 0.25) is 0 Å². The quantitative estimate of drug-likeness (QED) is 0.393. The lowest BCUT2D eigenvalue weighted by atomic mass is 9.75. The van der Waals surface area contributed by atoms with Crippen molar-refractivity contribution in [2.75, 3.05) is 7.11 Å². The van der Waals surface area contributed by atoms with Crippen molar-refractivity contribution in [1.29, 1.82) is 0 Å². The third kappa shape index (κ3) is 7.37. The maximum Gasteiger partial charge on any atom is 0.491 e. The van der Waals surface area contributed by atoms with Crippen molar-refractivity contribution >= 4 is 24.4 Å². The first-order chi connectivity index (χ1) is 16.3. The monoisotopic (exact) mass is 486 g/mol. The summed E-state index contributed by atoms with van der Waals surface area (Å²) in [7, 11) is -0.743. The molecule has 0 aromatic heterocycles. The Morgan fingerprint density at radius 2 is 1.74 bits per heavy atom. The number of amides is 2. The molecule has 7 nitrogen and oxygen atoms in total. The Kier molecular flexibility index (Phi) is 9.60. The number of halogens is 1. The van der Waals surface area contributed by atoms with Crippen molar-refractivity contribution in [3.05, 3.63) is 64.0 Å². The molecular formula is C26H36BFN2O5. The van der Waals surface area contributed by atoms with Gasteiger partial charge in [0.05, 0.1) is 18.2 Å².